The van der Waals surface area contributed by atoms with E-state index < -0.39 is 22.0 Å². The Morgan fingerprint density at radius 2 is 2.04 bits per heavy atom. The van der Waals surface area contributed by atoms with Gasteiger partial charge in [-0.25, -0.2) is 12.7 Å². The number of hydrogen-bond acceptors (Lipinski definition) is 4. The summed E-state index contributed by atoms with van der Waals surface area (Å²) in [6.45, 7) is 0.586. The predicted molar refractivity (Wildman–Crippen MR) is 90.4 cm³/mol. The topological polar surface area (TPSA) is 95.6 Å². The summed E-state index contributed by atoms with van der Waals surface area (Å²) >= 11 is 6.04. The lowest BCUT2D eigenvalue weighted by molar-refractivity contribution is -0.122. The lowest BCUT2D eigenvalue weighted by Gasteiger charge is -2.17. The summed E-state index contributed by atoms with van der Waals surface area (Å²) in [6.07, 6.45) is 2.20. The maximum atomic E-state index is 12.5. The molecule has 1 aromatic carbocycles. The Hall–Kier alpha value is -1.64. The van der Waals surface area contributed by atoms with Gasteiger partial charge in [0.1, 0.15) is 6.04 Å². The minimum atomic E-state index is -3.68. The Morgan fingerprint density at radius 1 is 1.33 bits per heavy atom. The molecule has 0 aliphatic carbocycles. The van der Waals surface area contributed by atoms with Crippen molar-refractivity contribution in [3.63, 3.8) is 0 Å². The Bertz CT molecular complexity index is 749. The zero-order valence-electron chi connectivity index (χ0n) is 13.5. The molecule has 7 nitrogen and oxygen atoms in total. The molecule has 1 heterocycles. The van der Waals surface area contributed by atoms with Gasteiger partial charge >= 0.3 is 0 Å². The molecule has 1 fully saturated rings. The number of benzene rings is 1. The molecule has 1 atom stereocenters. The summed E-state index contributed by atoms with van der Waals surface area (Å²) in [5.41, 5.74) is 0.0247. The number of carbonyl (C=O) groups excluding carboxylic acids is 2. The van der Waals surface area contributed by atoms with Crippen molar-refractivity contribution in [3.05, 3.63) is 28.8 Å². The summed E-state index contributed by atoms with van der Waals surface area (Å²) in [5, 5.41) is 5.48. The molecule has 2 amide bonds. The van der Waals surface area contributed by atoms with Gasteiger partial charge in [-0.05, 0) is 37.5 Å². The molecule has 132 valence electrons. The Balaban J connectivity index is 2.27. The second-order valence-corrected chi connectivity index (χ2v) is 8.30. The fourth-order valence-electron chi connectivity index (χ4n) is 2.36. The summed E-state index contributed by atoms with van der Waals surface area (Å²) in [7, 11) is -0.879. The highest BCUT2D eigenvalue weighted by atomic mass is 35.5. The van der Waals surface area contributed by atoms with Crippen LogP contribution in [0.1, 0.15) is 29.6 Å². The maximum absolute atomic E-state index is 12.5. The summed E-state index contributed by atoms with van der Waals surface area (Å²) < 4.78 is 25.4. The van der Waals surface area contributed by atoms with Gasteiger partial charge in [0, 0.05) is 20.6 Å². The lowest BCUT2D eigenvalue weighted by Crippen LogP contribution is -2.45. The van der Waals surface area contributed by atoms with Gasteiger partial charge in [-0.15, -0.1) is 0 Å². The van der Waals surface area contributed by atoms with Crippen LogP contribution in [0.5, 0.6) is 0 Å². The zero-order valence-corrected chi connectivity index (χ0v) is 15.1. The van der Waals surface area contributed by atoms with Crippen LogP contribution in [0.25, 0.3) is 0 Å². The molecular weight excluding hydrogens is 354 g/mol. The fourth-order valence-corrected chi connectivity index (χ4v) is 3.49. The summed E-state index contributed by atoms with van der Waals surface area (Å²) in [6, 6.07) is 3.28. The van der Waals surface area contributed by atoms with Crippen LogP contribution in [0.15, 0.2) is 23.1 Å². The van der Waals surface area contributed by atoms with Crippen LogP contribution in [0, 0.1) is 0 Å². The van der Waals surface area contributed by atoms with E-state index in [-0.39, 0.29) is 21.4 Å². The van der Waals surface area contributed by atoms with Crippen molar-refractivity contribution >= 4 is 33.4 Å². The Labute approximate surface area is 146 Å². The third-order valence-corrected chi connectivity index (χ3v) is 5.94. The minimum absolute atomic E-state index is 0.0247. The van der Waals surface area contributed by atoms with Crippen molar-refractivity contribution in [1.82, 2.24) is 14.9 Å². The maximum Gasteiger partial charge on any atom is 0.253 e. The van der Waals surface area contributed by atoms with Crippen LogP contribution in [-0.4, -0.2) is 51.2 Å². The highest BCUT2D eigenvalue weighted by Gasteiger charge is 2.25. The standard InChI is InChI=1S/C15H20ClN3O4S/c1-19(2)24(22,23)10-6-7-12(16)11(9-10)14(20)18-13-5-3-4-8-17-15(13)21/h6-7,9,13H,3-5,8H2,1-2H3,(H,17,21)(H,18,20)/t13-/m0/s1. The molecule has 1 saturated heterocycles. The number of rotatable bonds is 4. The molecule has 1 aromatic rings. The molecule has 1 aliphatic rings. The van der Waals surface area contributed by atoms with E-state index in [1.165, 1.54) is 32.3 Å². The summed E-state index contributed by atoms with van der Waals surface area (Å²) in [4.78, 5) is 24.3. The molecule has 1 aliphatic heterocycles. The van der Waals surface area contributed by atoms with E-state index in [0.717, 1.165) is 17.1 Å². The van der Waals surface area contributed by atoms with Gasteiger partial charge in [0.15, 0.2) is 0 Å². The number of amides is 2. The number of halogens is 1. The van der Waals surface area contributed by atoms with Crippen LogP contribution in [0.4, 0.5) is 0 Å². The lowest BCUT2D eigenvalue weighted by atomic mass is 10.1. The summed E-state index contributed by atoms with van der Waals surface area (Å²) in [5.74, 6) is -0.813. The molecule has 24 heavy (non-hydrogen) atoms. The Morgan fingerprint density at radius 3 is 2.71 bits per heavy atom. The molecule has 2 rings (SSSR count). The molecule has 0 aromatic heterocycles. The Kier molecular flexibility index (Phi) is 5.84. The highest BCUT2D eigenvalue weighted by Crippen LogP contribution is 2.22. The second kappa shape index (κ2) is 7.50. The SMILES string of the molecule is CN(C)S(=O)(=O)c1ccc(Cl)c(C(=O)N[C@H]2CCCCNC2=O)c1. The van der Waals surface area contributed by atoms with Crippen LogP contribution in [0.2, 0.25) is 5.02 Å². The fraction of sp³-hybridized carbons (Fsp3) is 0.467. The quantitative estimate of drug-likeness (QED) is 0.822. The molecule has 2 N–H and O–H groups in total. The average Bonchev–Trinajstić information content (AvgIpc) is 2.72. The molecule has 0 unspecified atom stereocenters. The third kappa shape index (κ3) is 4.06. The van der Waals surface area contributed by atoms with E-state index in [1.54, 1.807) is 0 Å². The number of nitrogens with one attached hydrogen (secondary N) is 2. The largest absolute Gasteiger partial charge is 0.354 e. The van der Waals surface area contributed by atoms with Crippen molar-refractivity contribution in [2.24, 2.45) is 0 Å². The molecule has 0 spiro atoms. The smallest absolute Gasteiger partial charge is 0.253 e. The predicted octanol–water partition coefficient (Wildman–Crippen LogP) is 0.989. The minimum Gasteiger partial charge on any atom is -0.354 e. The van der Waals surface area contributed by atoms with Gasteiger partial charge in [-0.3, -0.25) is 9.59 Å². The first-order valence-corrected chi connectivity index (χ1v) is 9.36. The average molecular weight is 374 g/mol. The van der Waals surface area contributed by atoms with E-state index in [2.05, 4.69) is 10.6 Å². The molecule has 0 bridgehead atoms. The van der Waals surface area contributed by atoms with Crippen molar-refractivity contribution in [1.29, 1.82) is 0 Å². The van der Waals surface area contributed by atoms with Gasteiger partial charge in [0.25, 0.3) is 5.91 Å². The van der Waals surface area contributed by atoms with E-state index in [4.69, 9.17) is 11.6 Å². The first kappa shape index (κ1) is 18.7. The highest BCUT2D eigenvalue weighted by molar-refractivity contribution is 7.89. The van der Waals surface area contributed by atoms with Gasteiger partial charge in [-0.2, -0.15) is 0 Å². The van der Waals surface area contributed by atoms with E-state index in [9.17, 15) is 18.0 Å². The normalized spacial score (nSPS) is 18.8. The van der Waals surface area contributed by atoms with E-state index in [0.29, 0.717) is 13.0 Å². The van der Waals surface area contributed by atoms with Gasteiger partial charge in [0.2, 0.25) is 15.9 Å². The number of carbonyl (C=O) groups is 2. The first-order valence-electron chi connectivity index (χ1n) is 7.54. The van der Waals surface area contributed by atoms with Crippen LogP contribution in [-0.2, 0) is 14.8 Å². The van der Waals surface area contributed by atoms with E-state index >= 15 is 0 Å². The third-order valence-electron chi connectivity index (χ3n) is 3.80. The van der Waals surface area contributed by atoms with Crippen molar-refractivity contribution in [2.75, 3.05) is 20.6 Å². The molecule has 0 saturated carbocycles. The molecular formula is C15H20ClN3O4S. The second-order valence-electron chi connectivity index (χ2n) is 5.74. The van der Waals surface area contributed by atoms with Crippen LogP contribution >= 0.6 is 11.6 Å². The number of nitrogens with zero attached hydrogens (tertiary/aromatic N) is 1. The molecule has 0 radical (unpaired) electrons. The van der Waals surface area contributed by atoms with E-state index in [1.807, 2.05) is 0 Å². The van der Waals surface area contributed by atoms with Gasteiger partial charge in [0.05, 0.1) is 15.5 Å². The van der Waals surface area contributed by atoms with Crippen molar-refractivity contribution in [3.8, 4) is 0 Å². The monoisotopic (exact) mass is 373 g/mol. The van der Waals surface area contributed by atoms with Crippen LogP contribution in [0.3, 0.4) is 0 Å². The van der Waals surface area contributed by atoms with Crippen molar-refractivity contribution in [2.45, 2.75) is 30.2 Å². The first-order chi connectivity index (χ1) is 11.2. The van der Waals surface area contributed by atoms with Gasteiger partial charge < -0.3 is 10.6 Å². The molecule has 9 heteroatoms. The zero-order chi connectivity index (χ0) is 17.9. The van der Waals surface area contributed by atoms with Gasteiger partial charge in [-0.1, -0.05) is 11.6 Å². The number of sulfonamides is 1. The van der Waals surface area contributed by atoms with Crippen LogP contribution < -0.4 is 10.6 Å². The van der Waals surface area contributed by atoms with Crippen molar-refractivity contribution < 1.29 is 18.0 Å². The number of hydrogen-bond donors (Lipinski definition) is 2.